The Hall–Kier alpha value is -2.00. The van der Waals surface area contributed by atoms with E-state index in [1.807, 2.05) is 0 Å². The minimum absolute atomic E-state index is 0.00922. The quantitative estimate of drug-likeness (QED) is 0.379. The predicted molar refractivity (Wildman–Crippen MR) is 58.9 cm³/mol. The Balaban J connectivity index is 2.34. The number of nitrogens with two attached hydrogens (primary N) is 1. The summed E-state index contributed by atoms with van der Waals surface area (Å²) in [5, 5.41) is 33.2. The molecule has 0 aromatic rings. The molecule has 21 heavy (non-hydrogen) atoms. The Kier molecular flexibility index (Phi) is 6.25. The van der Waals surface area contributed by atoms with Crippen LogP contribution in [0.15, 0.2) is 0 Å². The summed E-state index contributed by atoms with van der Waals surface area (Å²) in [5.74, 6) is -5.37. The zero-order valence-corrected chi connectivity index (χ0v) is 11.3. The lowest BCUT2D eigenvalue weighted by Gasteiger charge is -2.38. The van der Waals surface area contributed by atoms with Gasteiger partial charge in [0.05, 0.1) is 50.8 Å². The molecule has 9 heteroatoms. The zero-order chi connectivity index (χ0) is 16.0. The fraction of sp³-hybridized carbons (Fsp3) is 0.667. The molecule has 1 rings (SSSR count). The molecule has 1 aliphatic rings. The first-order chi connectivity index (χ1) is 9.82. The molecule has 0 amide bonds. The van der Waals surface area contributed by atoms with Gasteiger partial charge in [-0.2, -0.15) is 0 Å². The summed E-state index contributed by atoms with van der Waals surface area (Å²) in [5.41, 5.74) is 0. The summed E-state index contributed by atoms with van der Waals surface area (Å²) in [4.78, 5) is 43.4. The van der Waals surface area contributed by atoms with Crippen molar-refractivity contribution in [2.75, 3.05) is 19.6 Å². The molecule has 1 aliphatic heterocycles. The fourth-order valence-corrected chi connectivity index (χ4v) is 2.27. The number of carbonyl (C=O) groups excluding carboxylic acids is 4. The topological polar surface area (TPSA) is 159 Å². The number of carboxylic acids is 3. The molecule has 0 bridgehead atoms. The molecule has 0 aliphatic carbocycles. The number of hydrogen-bond acceptors (Lipinski definition) is 7. The molecule has 3 atom stereocenters. The summed E-state index contributed by atoms with van der Waals surface area (Å²) >= 11 is 0. The van der Waals surface area contributed by atoms with Crippen molar-refractivity contribution >= 4 is 23.7 Å². The first kappa shape index (κ1) is 17.1. The van der Waals surface area contributed by atoms with Gasteiger partial charge in [0.1, 0.15) is 18.1 Å². The third kappa shape index (κ3) is 5.12. The van der Waals surface area contributed by atoms with Crippen LogP contribution in [-0.4, -0.2) is 55.4 Å². The molecule has 0 spiro atoms. The van der Waals surface area contributed by atoms with Crippen LogP contribution in [0.4, 0.5) is 0 Å². The summed E-state index contributed by atoms with van der Waals surface area (Å²) in [6.07, 6.45) is 0.350. The van der Waals surface area contributed by atoms with Crippen LogP contribution in [0, 0.1) is 0 Å². The molecule has 9 nitrogen and oxygen atoms in total. The van der Waals surface area contributed by atoms with E-state index in [-0.39, 0.29) is 19.4 Å². The number of carbonyl (C=O) groups is 4. The molecular formula is C12H17N2O7-. The van der Waals surface area contributed by atoms with Crippen LogP contribution < -0.4 is 25.5 Å². The second-order valence-corrected chi connectivity index (χ2v) is 5.02. The Labute approximate surface area is 120 Å². The SMILES string of the molecule is O=C([O-])C(=O)CC[NH2+][C@@H](CC[NH+]1CC[C@H]1C(=O)[O-])C(=O)[O-]. The van der Waals surface area contributed by atoms with Crippen molar-refractivity contribution in [3.8, 4) is 0 Å². The first-order valence-corrected chi connectivity index (χ1v) is 6.66. The monoisotopic (exact) mass is 301 g/mol. The van der Waals surface area contributed by atoms with E-state index in [9.17, 15) is 34.5 Å². The minimum Gasteiger partial charge on any atom is -0.544 e. The maximum Gasteiger partial charge on any atom is 0.183 e. The third-order valence-electron chi connectivity index (χ3n) is 3.66. The maximum atomic E-state index is 10.9. The lowest BCUT2D eigenvalue weighted by molar-refractivity contribution is -0.960. The molecular weight excluding hydrogens is 284 g/mol. The van der Waals surface area contributed by atoms with Crippen LogP contribution in [0.1, 0.15) is 19.3 Å². The van der Waals surface area contributed by atoms with E-state index in [1.165, 1.54) is 5.32 Å². The number of quaternary nitrogens is 2. The van der Waals surface area contributed by atoms with Crippen molar-refractivity contribution in [3.05, 3.63) is 0 Å². The highest BCUT2D eigenvalue weighted by Crippen LogP contribution is 1.94. The second kappa shape index (κ2) is 7.70. The number of rotatable bonds is 10. The number of aliphatic carboxylic acids is 3. The van der Waals surface area contributed by atoms with Gasteiger partial charge in [-0.05, 0) is 0 Å². The van der Waals surface area contributed by atoms with Gasteiger partial charge in [-0.1, -0.05) is 0 Å². The second-order valence-electron chi connectivity index (χ2n) is 5.02. The average molecular weight is 301 g/mol. The van der Waals surface area contributed by atoms with Gasteiger partial charge >= 0.3 is 0 Å². The van der Waals surface area contributed by atoms with E-state index in [0.29, 0.717) is 19.5 Å². The number of carboxylic acid groups (broad SMARTS) is 3. The van der Waals surface area contributed by atoms with E-state index in [4.69, 9.17) is 0 Å². The fourth-order valence-electron chi connectivity index (χ4n) is 2.27. The number of Topliss-reactive ketones (excluding diaryl/α,β-unsaturated/α-hetero) is 1. The molecule has 0 radical (unpaired) electrons. The lowest BCUT2D eigenvalue weighted by atomic mass is 10.0. The van der Waals surface area contributed by atoms with Crippen molar-refractivity contribution in [1.82, 2.24) is 0 Å². The molecule has 1 unspecified atom stereocenters. The van der Waals surface area contributed by atoms with Gasteiger partial charge in [-0.3, -0.25) is 4.79 Å². The maximum absolute atomic E-state index is 10.9. The number of ketones is 1. The Morgan fingerprint density at radius 3 is 2.29 bits per heavy atom. The van der Waals surface area contributed by atoms with Crippen molar-refractivity contribution in [2.24, 2.45) is 0 Å². The molecule has 0 saturated carbocycles. The molecule has 118 valence electrons. The molecule has 1 fully saturated rings. The highest BCUT2D eigenvalue weighted by molar-refractivity contribution is 6.31. The summed E-state index contributed by atoms with van der Waals surface area (Å²) in [6, 6.07) is -1.55. The highest BCUT2D eigenvalue weighted by atomic mass is 16.4. The van der Waals surface area contributed by atoms with Crippen molar-refractivity contribution in [2.45, 2.75) is 31.3 Å². The summed E-state index contributed by atoms with van der Waals surface area (Å²) < 4.78 is 0. The molecule has 0 aromatic heterocycles. The van der Waals surface area contributed by atoms with Crippen molar-refractivity contribution in [3.63, 3.8) is 0 Å². The number of nitrogens with one attached hydrogen (secondary N) is 1. The molecule has 3 N–H and O–H groups in total. The van der Waals surface area contributed by atoms with Crippen molar-refractivity contribution < 1.29 is 44.7 Å². The molecule has 1 heterocycles. The van der Waals surface area contributed by atoms with E-state index >= 15 is 0 Å². The van der Waals surface area contributed by atoms with Gasteiger partial charge in [-0.25, -0.2) is 0 Å². The van der Waals surface area contributed by atoms with Crippen LogP contribution in [0.5, 0.6) is 0 Å². The Bertz CT molecular complexity index is 437. The summed E-state index contributed by atoms with van der Waals surface area (Å²) in [6.45, 7) is 0.967. The van der Waals surface area contributed by atoms with Gasteiger partial charge in [-0.15, -0.1) is 0 Å². The smallest absolute Gasteiger partial charge is 0.183 e. The molecule has 0 aromatic carbocycles. The zero-order valence-electron chi connectivity index (χ0n) is 11.3. The van der Waals surface area contributed by atoms with Crippen LogP contribution in [0.2, 0.25) is 0 Å². The Morgan fingerprint density at radius 1 is 1.19 bits per heavy atom. The standard InChI is InChI=1S/C12H18N2O7/c15-9(12(20)21)1-4-13-7(10(16)17)2-5-14-6-3-8(14)11(18)19/h7-8,13H,1-6H2,(H,16,17)(H,18,19)(H,20,21)/p-1/t7-,8-/m0/s1. The van der Waals surface area contributed by atoms with Gasteiger partial charge in [0, 0.05) is 0 Å². The van der Waals surface area contributed by atoms with Gasteiger partial charge in [0.15, 0.2) is 5.78 Å². The van der Waals surface area contributed by atoms with E-state index in [1.54, 1.807) is 0 Å². The minimum atomic E-state index is -1.80. The third-order valence-corrected chi connectivity index (χ3v) is 3.66. The van der Waals surface area contributed by atoms with E-state index in [2.05, 4.69) is 0 Å². The van der Waals surface area contributed by atoms with Crippen LogP contribution >= 0.6 is 0 Å². The van der Waals surface area contributed by atoms with Crippen LogP contribution in [-0.2, 0) is 19.2 Å². The average Bonchev–Trinajstić information content (AvgIpc) is 2.34. The molecule has 1 saturated heterocycles. The lowest BCUT2D eigenvalue weighted by Crippen LogP contribution is -3.23. The van der Waals surface area contributed by atoms with E-state index < -0.39 is 35.8 Å². The van der Waals surface area contributed by atoms with Crippen molar-refractivity contribution in [1.29, 1.82) is 0 Å². The van der Waals surface area contributed by atoms with Gasteiger partial charge in [0.2, 0.25) is 0 Å². The van der Waals surface area contributed by atoms with Crippen LogP contribution in [0.3, 0.4) is 0 Å². The van der Waals surface area contributed by atoms with Crippen LogP contribution in [0.25, 0.3) is 0 Å². The van der Waals surface area contributed by atoms with Gasteiger partial charge in [0.25, 0.3) is 0 Å². The predicted octanol–water partition coefficient (Wildman–Crippen LogP) is -7.83. The Morgan fingerprint density at radius 2 is 1.86 bits per heavy atom. The number of likely N-dealkylation sites (tertiary alicyclic amines) is 1. The highest BCUT2D eigenvalue weighted by Gasteiger charge is 2.34. The largest absolute Gasteiger partial charge is 0.544 e. The van der Waals surface area contributed by atoms with E-state index in [0.717, 1.165) is 4.90 Å². The van der Waals surface area contributed by atoms with Gasteiger partial charge < -0.3 is 39.9 Å². The number of hydrogen-bond donors (Lipinski definition) is 2. The first-order valence-electron chi connectivity index (χ1n) is 6.66. The normalized spacial score (nSPS) is 22.1. The summed E-state index contributed by atoms with van der Waals surface area (Å²) in [7, 11) is 0.